The van der Waals surface area contributed by atoms with Gasteiger partial charge in [0.25, 0.3) is 5.91 Å². The summed E-state index contributed by atoms with van der Waals surface area (Å²) in [6.07, 6.45) is 3.51. The van der Waals surface area contributed by atoms with Crippen LogP contribution in [0.25, 0.3) is 5.65 Å². The number of carbonyl (C=O) groups is 1. The second kappa shape index (κ2) is 10.3. The van der Waals surface area contributed by atoms with Crippen molar-refractivity contribution in [1.29, 1.82) is 0 Å². The number of rotatable bonds is 6. The number of amides is 1. The molecular formula is C31H35ClN4O. The van der Waals surface area contributed by atoms with Crippen LogP contribution in [0, 0.1) is 0 Å². The number of aryl methyl sites for hydroxylation is 1. The molecule has 37 heavy (non-hydrogen) atoms. The number of imidazole rings is 1. The molecule has 0 aliphatic carbocycles. The quantitative estimate of drug-likeness (QED) is 0.327. The van der Waals surface area contributed by atoms with Crippen LogP contribution < -0.4 is 5.32 Å². The molecule has 0 saturated heterocycles. The van der Waals surface area contributed by atoms with Gasteiger partial charge in [0.15, 0.2) is 0 Å². The van der Waals surface area contributed by atoms with Gasteiger partial charge in [-0.2, -0.15) is 0 Å². The molecule has 1 N–H and O–H groups in total. The Kier molecular flexibility index (Phi) is 7.11. The van der Waals surface area contributed by atoms with Crippen LogP contribution in [0.4, 0.5) is 0 Å². The molecule has 4 aromatic rings. The zero-order valence-corrected chi connectivity index (χ0v) is 22.9. The lowest BCUT2D eigenvalue weighted by Gasteiger charge is -2.29. The van der Waals surface area contributed by atoms with Gasteiger partial charge in [-0.3, -0.25) is 14.1 Å². The van der Waals surface area contributed by atoms with Gasteiger partial charge in [0.05, 0.1) is 5.69 Å². The monoisotopic (exact) mass is 514 g/mol. The summed E-state index contributed by atoms with van der Waals surface area (Å²) in [5.74, 6) is -0.118. The summed E-state index contributed by atoms with van der Waals surface area (Å²) in [5, 5.41) is 3.71. The van der Waals surface area contributed by atoms with E-state index in [2.05, 4.69) is 78.4 Å². The maximum absolute atomic E-state index is 13.1. The van der Waals surface area contributed by atoms with Crippen molar-refractivity contribution in [2.24, 2.45) is 0 Å². The predicted molar refractivity (Wildman–Crippen MR) is 150 cm³/mol. The van der Waals surface area contributed by atoms with E-state index in [1.807, 2.05) is 17.5 Å². The molecule has 1 amide bonds. The highest BCUT2D eigenvalue weighted by Crippen LogP contribution is 2.25. The molecule has 5 nitrogen and oxygen atoms in total. The van der Waals surface area contributed by atoms with Crippen molar-refractivity contribution >= 4 is 23.2 Å². The lowest BCUT2D eigenvalue weighted by Crippen LogP contribution is -2.30. The minimum absolute atomic E-state index is 0.118. The molecule has 6 heteroatoms. The molecule has 0 fully saturated rings. The SMILES string of the molecule is CCc1nc2cc(Cl)ccn2c1C(=O)NCc1ccc2c(c1)CCN(Cc1ccc(C(C)(C)C)cc1)C2. The summed E-state index contributed by atoms with van der Waals surface area (Å²) in [4.78, 5) is 20.2. The van der Waals surface area contributed by atoms with Gasteiger partial charge in [-0.25, -0.2) is 4.98 Å². The summed E-state index contributed by atoms with van der Waals surface area (Å²) in [6, 6.07) is 19.2. The standard InChI is InChI=1S/C31H35ClN4O/c1-5-27-29(36-15-13-26(32)17-28(36)34-27)30(37)33-18-22-6-9-24-20-35(14-12-23(24)16-22)19-21-7-10-25(11-8-21)31(2,3)4/h6-11,13,15-17H,5,12,14,18-20H2,1-4H3,(H,33,37). The molecule has 192 valence electrons. The number of fused-ring (bicyclic) bond motifs is 2. The Balaban J connectivity index is 1.22. The average molecular weight is 515 g/mol. The van der Waals surface area contributed by atoms with Gasteiger partial charge in [-0.1, -0.05) is 81.8 Å². The fourth-order valence-corrected chi connectivity index (χ4v) is 5.25. The molecule has 0 bridgehead atoms. The van der Waals surface area contributed by atoms with Gasteiger partial charge in [0.1, 0.15) is 11.3 Å². The lowest BCUT2D eigenvalue weighted by atomic mass is 9.86. The number of halogens is 1. The van der Waals surface area contributed by atoms with Crippen molar-refractivity contribution in [3.05, 3.63) is 105 Å². The fourth-order valence-electron chi connectivity index (χ4n) is 5.10. The fraction of sp³-hybridized carbons (Fsp3) is 0.355. The Morgan fingerprint density at radius 2 is 1.78 bits per heavy atom. The van der Waals surface area contributed by atoms with Crippen LogP contribution in [-0.4, -0.2) is 26.7 Å². The van der Waals surface area contributed by atoms with Gasteiger partial charge in [0.2, 0.25) is 0 Å². The van der Waals surface area contributed by atoms with E-state index in [1.54, 1.807) is 12.1 Å². The normalized spacial score (nSPS) is 14.1. The van der Waals surface area contributed by atoms with Crippen LogP contribution in [0.15, 0.2) is 60.8 Å². The number of nitrogens with one attached hydrogen (secondary N) is 1. The van der Waals surface area contributed by atoms with Crippen LogP contribution in [0.5, 0.6) is 0 Å². The van der Waals surface area contributed by atoms with Gasteiger partial charge < -0.3 is 5.32 Å². The van der Waals surface area contributed by atoms with Crippen LogP contribution in [0.3, 0.4) is 0 Å². The topological polar surface area (TPSA) is 49.6 Å². The molecular weight excluding hydrogens is 480 g/mol. The summed E-state index contributed by atoms with van der Waals surface area (Å²) in [7, 11) is 0. The second-order valence-electron chi connectivity index (χ2n) is 11.0. The Morgan fingerprint density at radius 3 is 2.51 bits per heavy atom. The molecule has 0 atom stereocenters. The first kappa shape index (κ1) is 25.5. The van der Waals surface area contributed by atoms with Crippen LogP contribution in [0.1, 0.15) is 71.7 Å². The van der Waals surface area contributed by atoms with E-state index in [4.69, 9.17) is 11.6 Å². The number of nitrogens with zero attached hydrogens (tertiary/aromatic N) is 3. The number of hydrogen-bond acceptors (Lipinski definition) is 3. The Morgan fingerprint density at radius 1 is 1.03 bits per heavy atom. The molecule has 2 aromatic carbocycles. The first-order valence-corrected chi connectivity index (χ1v) is 13.5. The molecule has 1 aliphatic heterocycles. The van der Waals surface area contributed by atoms with Gasteiger partial charge in [0, 0.05) is 43.5 Å². The van der Waals surface area contributed by atoms with Crippen LogP contribution in [0.2, 0.25) is 5.02 Å². The van der Waals surface area contributed by atoms with E-state index in [9.17, 15) is 4.79 Å². The van der Waals surface area contributed by atoms with Crippen molar-refractivity contribution in [3.8, 4) is 0 Å². The third kappa shape index (κ3) is 5.58. The van der Waals surface area contributed by atoms with E-state index in [1.165, 1.54) is 22.3 Å². The first-order chi connectivity index (χ1) is 17.7. The van der Waals surface area contributed by atoms with Crippen molar-refractivity contribution in [1.82, 2.24) is 19.6 Å². The highest BCUT2D eigenvalue weighted by atomic mass is 35.5. The molecule has 2 aromatic heterocycles. The second-order valence-corrected chi connectivity index (χ2v) is 11.5. The summed E-state index contributed by atoms with van der Waals surface area (Å²) in [6.45, 7) is 12.2. The van der Waals surface area contributed by atoms with Crippen molar-refractivity contribution in [2.75, 3.05) is 6.54 Å². The Labute approximate surface area is 224 Å². The van der Waals surface area contributed by atoms with Crippen LogP contribution in [-0.2, 0) is 37.9 Å². The molecule has 0 radical (unpaired) electrons. The van der Waals surface area contributed by atoms with Crippen molar-refractivity contribution < 1.29 is 4.79 Å². The highest BCUT2D eigenvalue weighted by Gasteiger charge is 2.20. The molecule has 0 spiro atoms. The van der Waals surface area contributed by atoms with E-state index >= 15 is 0 Å². The van der Waals surface area contributed by atoms with Crippen molar-refractivity contribution in [2.45, 2.75) is 65.6 Å². The van der Waals surface area contributed by atoms with E-state index in [0.717, 1.165) is 37.3 Å². The van der Waals surface area contributed by atoms with Crippen molar-refractivity contribution in [3.63, 3.8) is 0 Å². The first-order valence-electron chi connectivity index (χ1n) is 13.1. The Bertz CT molecular complexity index is 1430. The number of hydrogen-bond donors (Lipinski definition) is 1. The highest BCUT2D eigenvalue weighted by molar-refractivity contribution is 6.30. The lowest BCUT2D eigenvalue weighted by molar-refractivity contribution is 0.0944. The van der Waals surface area contributed by atoms with Crippen LogP contribution >= 0.6 is 11.6 Å². The Hall–Kier alpha value is -3.15. The molecule has 3 heterocycles. The summed E-state index contributed by atoms with van der Waals surface area (Å²) in [5.41, 5.74) is 8.83. The third-order valence-corrected chi connectivity index (χ3v) is 7.49. The number of benzene rings is 2. The minimum atomic E-state index is -0.118. The molecule has 0 unspecified atom stereocenters. The minimum Gasteiger partial charge on any atom is -0.347 e. The number of aromatic nitrogens is 2. The zero-order chi connectivity index (χ0) is 26.2. The predicted octanol–water partition coefficient (Wildman–Crippen LogP) is 6.34. The number of carbonyl (C=O) groups excluding carboxylic acids is 1. The zero-order valence-electron chi connectivity index (χ0n) is 22.1. The molecule has 1 aliphatic rings. The van der Waals surface area contributed by atoms with E-state index in [0.29, 0.717) is 29.3 Å². The van der Waals surface area contributed by atoms with Gasteiger partial charge in [-0.05, 0) is 52.1 Å². The van der Waals surface area contributed by atoms with E-state index < -0.39 is 0 Å². The largest absolute Gasteiger partial charge is 0.347 e. The molecule has 5 rings (SSSR count). The van der Waals surface area contributed by atoms with Gasteiger partial charge in [-0.15, -0.1) is 0 Å². The maximum Gasteiger partial charge on any atom is 0.270 e. The number of pyridine rings is 1. The average Bonchev–Trinajstić information content (AvgIpc) is 3.24. The summed E-state index contributed by atoms with van der Waals surface area (Å²) < 4.78 is 1.82. The summed E-state index contributed by atoms with van der Waals surface area (Å²) >= 11 is 6.12. The smallest absolute Gasteiger partial charge is 0.270 e. The van der Waals surface area contributed by atoms with Gasteiger partial charge >= 0.3 is 0 Å². The maximum atomic E-state index is 13.1. The third-order valence-electron chi connectivity index (χ3n) is 7.25. The van der Waals surface area contributed by atoms with E-state index in [-0.39, 0.29) is 11.3 Å². The molecule has 0 saturated carbocycles.